The number of benzene rings is 2. The van der Waals surface area contributed by atoms with E-state index < -0.39 is 5.60 Å². The van der Waals surface area contributed by atoms with Gasteiger partial charge in [-0.1, -0.05) is 81.4 Å². The Kier molecular flexibility index (Phi) is 7.95. The fourth-order valence-electron chi connectivity index (χ4n) is 3.12. The van der Waals surface area contributed by atoms with Crippen molar-refractivity contribution in [3.63, 3.8) is 0 Å². The van der Waals surface area contributed by atoms with Gasteiger partial charge in [-0.3, -0.25) is 4.79 Å². The Labute approximate surface area is 180 Å². The minimum Gasteiger partial charge on any atom is -0.459 e. The van der Waals surface area contributed by atoms with Crippen molar-refractivity contribution in [2.24, 2.45) is 0 Å². The number of ether oxygens (including phenoxy) is 1. The largest absolute Gasteiger partial charge is 0.459 e. The van der Waals surface area contributed by atoms with Crippen LogP contribution < -0.4 is 5.32 Å². The van der Waals surface area contributed by atoms with E-state index in [0.29, 0.717) is 0 Å². The molecule has 2 aromatic rings. The molecule has 3 atom stereocenters. The van der Waals surface area contributed by atoms with Gasteiger partial charge in [-0.2, -0.15) is 0 Å². The number of hydrogen-bond acceptors (Lipinski definition) is 4. The minimum atomic E-state index is -0.528. The number of thioether (sulfide) groups is 1. The molecule has 0 aliphatic heterocycles. The highest BCUT2D eigenvalue weighted by Gasteiger charge is 2.37. The lowest BCUT2D eigenvalue weighted by atomic mass is 10.00. The van der Waals surface area contributed by atoms with E-state index in [9.17, 15) is 4.79 Å². The zero-order chi connectivity index (χ0) is 21.7. The van der Waals surface area contributed by atoms with Crippen LogP contribution in [0.4, 0.5) is 0 Å². The van der Waals surface area contributed by atoms with Crippen LogP contribution in [0.3, 0.4) is 0 Å². The van der Waals surface area contributed by atoms with Crippen molar-refractivity contribution >= 4 is 17.7 Å². The molecule has 0 aromatic heterocycles. The maximum Gasteiger partial charge on any atom is 0.321 e. The van der Waals surface area contributed by atoms with Crippen LogP contribution in [-0.4, -0.2) is 21.6 Å². The van der Waals surface area contributed by atoms with Crippen LogP contribution >= 0.6 is 11.8 Å². The van der Waals surface area contributed by atoms with Gasteiger partial charge in [0.2, 0.25) is 0 Å². The predicted octanol–water partition coefficient (Wildman–Crippen LogP) is 6.32. The van der Waals surface area contributed by atoms with Gasteiger partial charge < -0.3 is 10.1 Å². The second-order valence-corrected chi connectivity index (χ2v) is 11.3. The normalized spacial score (nSPS) is 15.4. The first-order chi connectivity index (χ1) is 13.5. The van der Waals surface area contributed by atoms with Gasteiger partial charge in [-0.05, 0) is 38.8 Å². The first kappa shape index (κ1) is 23.5. The van der Waals surface area contributed by atoms with Crippen molar-refractivity contribution in [3.8, 4) is 0 Å². The summed E-state index contributed by atoms with van der Waals surface area (Å²) in [4.78, 5) is 13.3. The highest BCUT2D eigenvalue weighted by Crippen LogP contribution is 2.38. The van der Waals surface area contributed by atoms with Crippen molar-refractivity contribution in [1.82, 2.24) is 5.32 Å². The summed E-state index contributed by atoms with van der Waals surface area (Å²) >= 11 is 1.65. The molecule has 0 radical (unpaired) electrons. The van der Waals surface area contributed by atoms with E-state index in [1.54, 1.807) is 11.8 Å². The first-order valence-corrected chi connectivity index (χ1v) is 11.1. The van der Waals surface area contributed by atoms with E-state index in [2.05, 4.69) is 57.3 Å². The van der Waals surface area contributed by atoms with Gasteiger partial charge in [0.15, 0.2) is 0 Å². The molecule has 0 spiro atoms. The zero-order valence-corrected chi connectivity index (χ0v) is 19.5. The quantitative estimate of drug-likeness (QED) is 0.539. The van der Waals surface area contributed by atoms with E-state index in [1.165, 1.54) is 5.56 Å². The summed E-state index contributed by atoms with van der Waals surface area (Å²) in [6.45, 7) is 14.3. The van der Waals surface area contributed by atoms with Crippen LogP contribution in [-0.2, 0) is 9.53 Å². The molecular formula is C25H35NO2S. The van der Waals surface area contributed by atoms with E-state index >= 15 is 0 Å². The fourth-order valence-corrected chi connectivity index (χ4v) is 4.40. The maximum atomic E-state index is 13.3. The molecular weight excluding hydrogens is 378 g/mol. The lowest BCUT2D eigenvalue weighted by Crippen LogP contribution is -2.41. The van der Waals surface area contributed by atoms with Gasteiger partial charge in [-0.25, -0.2) is 0 Å². The molecule has 1 N–H and O–H groups in total. The maximum absolute atomic E-state index is 13.3. The SMILES string of the molecule is C[C@@H](N[C@H](c1ccccc1)[C@@H](SC(C)(C)C)C(=O)OC(C)(C)C)c1ccccc1. The third-order valence-electron chi connectivity index (χ3n) is 4.31. The smallest absolute Gasteiger partial charge is 0.321 e. The second kappa shape index (κ2) is 9.82. The Hall–Kier alpha value is -1.78. The Bertz CT molecular complexity index is 763. The average molecular weight is 414 g/mol. The molecule has 0 unspecified atom stereocenters. The van der Waals surface area contributed by atoms with Gasteiger partial charge >= 0.3 is 5.97 Å². The van der Waals surface area contributed by atoms with Crippen molar-refractivity contribution in [2.75, 3.05) is 0 Å². The molecule has 4 heteroatoms. The summed E-state index contributed by atoms with van der Waals surface area (Å²) in [6.07, 6.45) is 0. The Morgan fingerprint density at radius 3 is 1.79 bits per heavy atom. The van der Waals surface area contributed by atoms with Crippen LogP contribution in [0.2, 0.25) is 0 Å². The summed E-state index contributed by atoms with van der Waals surface area (Å²) in [5, 5.41) is 3.34. The molecule has 0 saturated carbocycles. The molecule has 0 aliphatic carbocycles. The lowest BCUT2D eigenvalue weighted by Gasteiger charge is -2.35. The molecule has 0 saturated heterocycles. The van der Waals surface area contributed by atoms with E-state index in [-0.39, 0.29) is 28.0 Å². The Morgan fingerprint density at radius 1 is 0.862 bits per heavy atom. The molecule has 158 valence electrons. The van der Waals surface area contributed by atoms with Gasteiger partial charge in [0, 0.05) is 10.8 Å². The van der Waals surface area contributed by atoms with E-state index in [4.69, 9.17) is 4.74 Å². The van der Waals surface area contributed by atoms with Gasteiger partial charge in [-0.15, -0.1) is 11.8 Å². The number of esters is 1. The molecule has 0 heterocycles. The highest BCUT2D eigenvalue weighted by molar-refractivity contribution is 8.01. The zero-order valence-electron chi connectivity index (χ0n) is 18.7. The number of carbonyl (C=O) groups is 1. The third kappa shape index (κ3) is 7.87. The van der Waals surface area contributed by atoms with Crippen LogP contribution in [0.15, 0.2) is 60.7 Å². The topological polar surface area (TPSA) is 38.3 Å². The monoisotopic (exact) mass is 413 g/mol. The minimum absolute atomic E-state index is 0.0897. The first-order valence-electron chi connectivity index (χ1n) is 10.2. The molecule has 0 fully saturated rings. The lowest BCUT2D eigenvalue weighted by molar-refractivity contribution is -0.154. The second-order valence-electron chi connectivity index (χ2n) is 9.37. The van der Waals surface area contributed by atoms with Crippen molar-refractivity contribution in [1.29, 1.82) is 0 Å². The van der Waals surface area contributed by atoms with Gasteiger partial charge in [0.1, 0.15) is 10.9 Å². The molecule has 0 amide bonds. The van der Waals surface area contributed by atoms with Crippen molar-refractivity contribution in [2.45, 2.75) is 76.1 Å². The number of nitrogens with one attached hydrogen (secondary N) is 1. The average Bonchev–Trinajstić information content (AvgIpc) is 2.63. The van der Waals surface area contributed by atoms with E-state index in [1.807, 2.05) is 57.2 Å². The molecule has 2 rings (SSSR count). The summed E-state index contributed by atoms with van der Waals surface area (Å²) in [5.74, 6) is -0.181. The summed E-state index contributed by atoms with van der Waals surface area (Å²) in [7, 11) is 0. The number of hydrogen-bond donors (Lipinski definition) is 1. The van der Waals surface area contributed by atoms with Crippen molar-refractivity contribution < 1.29 is 9.53 Å². The highest BCUT2D eigenvalue weighted by atomic mass is 32.2. The molecule has 0 aliphatic rings. The molecule has 3 nitrogen and oxygen atoms in total. The standard InChI is InChI=1S/C25H35NO2S/c1-18(19-14-10-8-11-15-19)26-21(20-16-12-9-13-17-20)22(29-25(5,6)7)23(27)28-24(2,3)4/h8-18,21-22,26H,1-7H3/t18-,21-,22-/m1/s1. The van der Waals surface area contributed by atoms with Crippen molar-refractivity contribution in [3.05, 3.63) is 71.8 Å². The Morgan fingerprint density at radius 2 is 1.34 bits per heavy atom. The summed E-state index contributed by atoms with van der Waals surface area (Å²) in [6, 6.07) is 20.4. The predicted molar refractivity (Wildman–Crippen MR) is 124 cm³/mol. The van der Waals surface area contributed by atoms with Crippen LogP contribution in [0.25, 0.3) is 0 Å². The Balaban J connectivity index is 2.42. The van der Waals surface area contributed by atoms with Crippen LogP contribution in [0.1, 0.15) is 71.7 Å². The molecule has 2 aromatic carbocycles. The third-order valence-corrected chi connectivity index (χ3v) is 5.74. The van der Waals surface area contributed by atoms with Gasteiger partial charge in [0.25, 0.3) is 0 Å². The summed E-state index contributed by atoms with van der Waals surface area (Å²) < 4.78 is 5.74. The van der Waals surface area contributed by atoms with Gasteiger partial charge in [0.05, 0.1) is 6.04 Å². The fraction of sp³-hybridized carbons (Fsp3) is 0.480. The number of carbonyl (C=O) groups excluding carboxylic acids is 1. The summed E-state index contributed by atoms with van der Waals surface area (Å²) in [5.41, 5.74) is 1.75. The molecule has 29 heavy (non-hydrogen) atoms. The van der Waals surface area contributed by atoms with E-state index in [0.717, 1.165) is 5.56 Å². The molecule has 0 bridgehead atoms. The number of rotatable bonds is 7. The van der Waals surface area contributed by atoms with Crippen LogP contribution in [0.5, 0.6) is 0 Å². The van der Waals surface area contributed by atoms with Crippen LogP contribution in [0, 0.1) is 0 Å².